The van der Waals surface area contributed by atoms with Crippen molar-refractivity contribution in [2.24, 2.45) is 0 Å². The molecule has 0 saturated carbocycles. The zero-order chi connectivity index (χ0) is 12.4. The summed E-state index contributed by atoms with van der Waals surface area (Å²) < 4.78 is 11.2. The first kappa shape index (κ1) is 12.2. The molecule has 3 atom stereocenters. The van der Waals surface area contributed by atoms with E-state index in [0.29, 0.717) is 13.2 Å². The molecule has 3 unspecified atom stereocenters. The normalized spacial score (nSPS) is 32.7. The van der Waals surface area contributed by atoms with Crippen molar-refractivity contribution in [3.8, 4) is 0 Å². The van der Waals surface area contributed by atoms with Crippen LogP contribution in [0.2, 0.25) is 0 Å². The fraction of sp³-hybridized carbons (Fsp3) is 0.538. The topological polar surface area (TPSA) is 50.7 Å². The molecule has 0 aliphatic carbocycles. The molecule has 2 aliphatic rings. The summed E-state index contributed by atoms with van der Waals surface area (Å²) in [5.74, 6) is 0.0571. The highest BCUT2D eigenvalue weighted by molar-refractivity contribution is 6.47. The van der Waals surface area contributed by atoms with Gasteiger partial charge < -0.3 is 19.7 Å². The number of nitrogens with one attached hydrogen (secondary N) is 1. The summed E-state index contributed by atoms with van der Waals surface area (Å²) in [4.78, 5) is 0. The second kappa shape index (κ2) is 5.40. The lowest BCUT2D eigenvalue weighted by Crippen LogP contribution is -2.55. The average molecular weight is 247 g/mol. The molecule has 0 aromatic heterocycles. The van der Waals surface area contributed by atoms with Gasteiger partial charge in [-0.2, -0.15) is 0 Å². The molecule has 0 radical (unpaired) electrons. The summed E-state index contributed by atoms with van der Waals surface area (Å²) in [6.07, 6.45) is 0.425. The summed E-state index contributed by atoms with van der Waals surface area (Å²) >= 11 is 0. The summed E-state index contributed by atoms with van der Waals surface area (Å²) in [6, 6.07) is 10.1. The largest absolute Gasteiger partial charge is 0.475 e. The minimum absolute atomic E-state index is 0.0265. The average Bonchev–Trinajstić information content (AvgIpc) is 2.93. The van der Waals surface area contributed by atoms with Crippen LogP contribution in [0.1, 0.15) is 17.9 Å². The van der Waals surface area contributed by atoms with E-state index in [0.717, 1.165) is 18.5 Å². The van der Waals surface area contributed by atoms with Gasteiger partial charge in [0, 0.05) is 5.92 Å². The van der Waals surface area contributed by atoms with Crippen molar-refractivity contribution < 1.29 is 14.4 Å². The van der Waals surface area contributed by atoms with Crippen LogP contribution < -0.4 is 5.32 Å². The second-order valence-corrected chi connectivity index (χ2v) is 4.88. The van der Waals surface area contributed by atoms with E-state index in [4.69, 9.17) is 9.31 Å². The maximum atomic E-state index is 10.3. The minimum Gasteiger partial charge on any atom is -0.408 e. The SMILES string of the molecule is OC1CCNC(B2OCCO2)C1c1ccccc1. The number of aliphatic hydroxyl groups excluding tert-OH is 1. The van der Waals surface area contributed by atoms with Gasteiger partial charge >= 0.3 is 7.12 Å². The third-order valence-corrected chi connectivity index (χ3v) is 3.75. The summed E-state index contributed by atoms with van der Waals surface area (Å²) in [5.41, 5.74) is 1.14. The number of hydrogen-bond acceptors (Lipinski definition) is 4. The van der Waals surface area contributed by atoms with E-state index >= 15 is 0 Å². The van der Waals surface area contributed by atoms with Crippen LogP contribution in [0.25, 0.3) is 0 Å². The van der Waals surface area contributed by atoms with Gasteiger partial charge in [-0.15, -0.1) is 0 Å². The molecule has 0 spiro atoms. The first-order chi connectivity index (χ1) is 8.86. The minimum atomic E-state index is -0.341. The number of rotatable bonds is 2. The van der Waals surface area contributed by atoms with Crippen molar-refractivity contribution in [3.05, 3.63) is 35.9 Å². The van der Waals surface area contributed by atoms with Crippen molar-refractivity contribution >= 4 is 7.12 Å². The van der Waals surface area contributed by atoms with Gasteiger partial charge in [0.25, 0.3) is 0 Å². The zero-order valence-corrected chi connectivity index (χ0v) is 10.3. The van der Waals surface area contributed by atoms with Crippen LogP contribution in [0, 0.1) is 0 Å². The second-order valence-electron chi connectivity index (χ2n) is 4.88. The molecule has 0 bridgehead atoms. The Labute approximate surface area is 107 Å². The van der Waals surface area contributed by atoms with Crippen LogP contribution in [-0.4, -0.2) is 44.0 Å². The predicted molar refractivity (Wildman–Crippen MR) is 69.3 cm³/mol. The highest BCUT2D eigenvalue weighted by Gasteiger charge is 2.44. The molecule has 5 heteroatoms. The Morgan fingerprint density at radius 1 is 1.17 bits per heavy atom. The van der Waals surface area contributed by atoms with E-state index in [9.17, 15) is 5.11 Å². The number of hydrogen-bond donors (Lipinski definition) is 2. The molecule has 3 rings (SSSR count). The predicted octanol–water partition coefficient (Wildman–Crippen LogP) is 0.567. The molecule has 2 aliphatic heterocycles. The molecule has 0 amide bonds. The van der Waals surface area contributed by atoms with Crippen molar-refractivity contribution in [1.82, 2.24) is 5.32 Å². The molecule has 2 saturated heterocycles. The summed E-state index contributed by atoms with van der Waals surface area (Å²) in [5, 5.41) is 13.7. The van der Waals surface area contributed by atoms with Crippen molar-refractivity contribution in [1.29, 1.82) is 0 Å². The molecule has 1 aromatic rings. The fourth-order valence-electron chi connectivity index (χ4n) is 2.90. The van der Waals surface area contributed by atoms with Crippen LogP contribution in [0.3, 0.4) is 0 Å². The molecular weight excluding hydrogens is 229 g/mol. The van der Waals surface area contributed by atoms with Gasteiger partial charge in [-0.05, 0) is 18.5 Å². The van der Waals surface area contributed by atoms with E-state index < -0.39 is 0 Å². The fourth-order valence-corrected chi connectivity index (χ4v) is 2.90. The molecule has 2 N–H and O–H groups in total. The monoisotopic (exact) mass is 247 g/mol. The Kier molecular flexibility index (Phi) is 3.66. The summed E-state index contributed by atoms with van der Waals surface area (Å²) in [6.45, 7) is 2.08. The molecule has 2 heterocycles. The van der Waals surface area contributed by atoms with Gasteiger partial charge in [0.1, 0.15) is 0 Å². The van der Waals surface area contributed by atoms with Crippen LogP contribution in [0.15, 0.2) is 30.3 Å². The van der Waals surface area contributed by atoms with Gasteiger partial charge in [0.05, 0.1) is 25.3 Å². The third kappa shape index (κ3) is 2.31. The highest BCUT2D eigenvalue weighted by atomic mass is 16.6. The first-order valence-corrected chi connectivity index (χ1v) is 6.56. The molecule has 1 aromatic carbocycles. The van der Waals surface area contributed by atoms with E-state index in [-0.39, 0.29) is 25.1 Å². The van der Waals surface area contributed by atoms with Crippen molar-refractivity contribution in [2.75, 3.05) is 19.8 Å². The van der Waals surface area contributed by atoms with Crippen molar-refractivity contribution in [3.63, 3.8) is 0 Å². The Morgan fingerprint density at radius 2 is 1.89 bits per heavy atom. The van der Waals surface area contributed by atoms with Crippen LogP contribution in [0.4, 0.5) is 0 Å². The number of piperidine rings is 1. The Bertz CT molecular complexity index is 383. The maximum Gasteiger partial charge on any atom is 0.475 e. The lowest BCUT2D eigenvalue weighted by Gasteiger charge is -2.37. The quantitative estimate of drug-likeness (QED) is 0.750. The highest BCUT2D eigenvalue weighted by Crippen LogP contribution is 2.30. The maximum absolute atomic E-state index is 10.3. The molecule has 18 heavy (non-hydrogen) atoms. The van der Waals surface area contributed by atoms with E-state index in [1.165, 1.54) is 0 Å². The number of benzene rings is 1. The zero-order valence-electron chi connectivity index (χ0n) is 10.3. The molecule has 4 nitrogen and oxygen atoms in total. The van der Waals surface area contributed by atoms with Crippen LogP contribution in [0.5, 0.6) is 0 Å². The van der Waals surface area contributed by atoms with Gasteiger partial charge in [0.15, 0.2) is 0 Å². The van der Waals surface area contributed by atoms with E-state index in [1.807, 2.05) is 18.2 Å². The van der Waals surface area contributed by atoms with E-state index in [2.05, 4.69) is 17.4 Å². The van der Waals surface area contributed by atoms with Crippen LogP contribution >= 0.6 is 0 Å². The lowest BCUT2D eigenvalue weighted by atomic mass is 9.65. The standard InChI is InChI=1S/C13H18BNO3/c16-11-6-7-15-13(14-17-8-9-18-14)12(11)10-4-2-1-3-5-10/h1-5,11-13,15-16H,6-9H2. The van der Waals surface area contributed by atoms with Gasteiger partial charge in [-0.3, -0.25) is 0 Å². The van der Waals surface area contributed by atoms with Crippen LogP contribution in [-0.2, 0) is 9.31 Å². The van der Waals surface area contributed by atoms with Gasteiger partial charge in [-0.25, -0.2) is 0 Å². The molecule has 96 valence electrons. The van der Waals surface area contributed by atoms with E-state index in [1.54, 1.807) is 0 Å². The van der Waals surface area contributed by atoms with Gasteiger partial charge in [0.2, 0.25) is 0 Å². The number of aliphatic hydroxyl groups is 1. The van der Waals surface area contributed by atoms with Gasteiger partial charge in [-0.1, -0.05) is 30.3 Å². The smallest absolute Gasteiger partial charge is 0.408 e. The third-order valence-electron chi connectivity index (χ3n) is 3.75. The van der Waals surface area contributed by atoms with Crippen molar-refractivity contribution in [2.45, 2.75) is 24.4 Å². The Morgan fingerprint density at radius 3 is 2.61 bits per heavy atom. The Balaban J connectivity index is 1.85. The first-order valence-electron chi connectivity index (χ1n) is 6.56. The molecule has 2 fully saturated rings. The molecular formula is C13H18BNO3. The summed E-state index contributed by atoms with van der Waals surface area (Å²) in [7, 11) is -0.245. The lowest BCUT2D eigenvalue weighted by molar-refractivity contribution is 0.0980. The Hall–Kier alpha value is -0.875.